The van der Waals surface area contributed by atoms with E-state index in [0.717, 1.165) is 12.1 Å². The van der Waals surface area contributed by atoms with E-state index in [1.165, 1.54) is 11.0 Å². The predicted molar refractivity (Wildman–Crippen MR) is 125 cm³/mol. The quantitative estimate of drug-likeness (QED) is 0.465. The molecule has 0 spiro atoms. The maximum atomic E-state index is 13.7. The van der Waals surface area contributed by atoms with E-state index >= 15 is 0 Å². The molecule has 0 radical (unpaired) electrons. The number of rotatable bonds is 8. The van der Waals surface area contributed by atoms with E-state index in [1.54, 1.807) is 31.2 Å². The molecular formula is C26H29F3N2O3. The Hall–Kier alpha value is -3.16. The number of halogens is 3. The van der Waals surface area contributed by atoms with E-state index in [2.05, 4.69) is 0 Å². The zero-order valence-corrected chi connectivity index (χ0v) is 19.6. The third kappa shape index (κ3) is 5.48. The van der Waals surface area contributed by atoms with Crippen LogP contribution in [0, 0.1) is 5.92 Å². The summed E-state index contributed by atoms with van der Waals surface area (Å²) in [4.78, 5) is 32.0. The van der Waals surface area contributed by atoms with E-state index in [-0.39, 0.29) is 37.0 Å². The van der Waals surface area contributed by atoms with Gasteiger partial charge in [-0.2, -0.15) is 13.2 Å². The van der Waals surface area contributed by atoms with Gasteiger partial charge in [-0.25, -0.2) is 0 Å². The number of esters is 1. The van der Waals surface area contributed by atoms with Crippen LogP contribution in [0.4, 0.5) is 18.9 Å². The SMILES string of the molecule is CCOC(=O)CCN1C(=O)[C@H](C(CC)CC)N=C(c2ccccc2)c2cc(C(F)(F)F)ccc21. The molecule has 2 aromatic rings. The number of hydrogen-bond donors (Lipinski definition) is 0. The van der Waals surface area contributed by atoms with Crippen LogP contribution >= 0.6 is 0 Å². The van der Waals surface area contributed by atoms with Crippen molar-refractivity contribution in [1.82, 2.24) is 0 Å². The smallest absolute Gasteiger partial charge is 0.416 e. The first kappa shape index (κ1) is 25.5. The minimum atomic E-state index is -4.56. The monoisotopic (exact) mass is 474 g/mol. The number of carbonyl (C=O) groups is 2. The van der Waals surface area contributed by atoms with Crippen LogP contribution in [0.5, 0.6) is 0 Å². The summed E-state index contributed by atoms with van der Waals surface area (Å²) < 4.78 is 45.9. The molecule has 3 rings (SSSR count). The zero-order valence-electron chi connectivity index (χ0n) is 19.6. The van der Waals surface area contributed by atoms with Gasteiger partial charge >= 0.3 is 12.1 Å². The molecule has 2 aromatic carbocycles. The number of fused-ring (bicyclic) bond motifs is 1. The molecular weight excluding hydrogens is 445 g/mol. The summed E-state index contributed by atoms with van der Waals surface area (Å²) in [6.45, 7) is 5.80. The number of hydrogen-bond acceptors (Lipinski definition) is 4. The molecule has 34 heavy (non-hydrogen) atoms. The van der Waals surface area contributed by atoms with Crippen LogP contribution in [-0.2, 0) is 20.5 Å². The highest BCUT2D eigenvalue weighted by molar-refractivity contribution is 6.20. The van der Waals surface area contributed by atoms with Crippen molar-refractivity contribution in [1.29, 1.82) is 0 Å². The van der Waals surface area contributed by atoms with Crippen molar-refractivity contribution >= 4 is 23.3 Å². The highest BCUT2D eigenvalue weighted by Gasteiger charge is 2.38. The molecule has 0 aromatic heterocycles. The van der Waals surface area contributed by atoms with Gasteiger partial charge in [0.2, 0.25) is 0 Å². The van der Waals surface area contributed by atoms with E-state index in [0.29, 0.717) is 29.8 Å². The molecule has 182 valence electrons. The van der Waals surface area contributed by atoms with Crippen LogP contribution < -0.4 is 4.90 Å². The number of amides is 1. The Balaban J connectivity index is 2.23. The third-order valence-electron chi connectivity index (χ3n) is 6.04. The third-order valence-corrected chi connectivity index (χ3v) is 6.04. The fraction of sp³-hybridized carbons (Fsp3) is 0.423. The first-order valence-corrected chi connectivity index (χ1v) is 11.5. The maximum absolute atomic E-state index is 13.7. The number of aliphatic imine (C=N–C) groups is 1. The highest BCUT2D eigenvalue weighted by Crippen LogP contribution is 2.37. The molecule has 0 bridgehead atoms. The molecule has 1 amide bonds. The van der Waals surface area contributed by atoms with Crippen molar-refractivity contribution in [3.05, 3.63) is 65.2 Å². The highest BCUT2D eigenvalue weighted by atomic mass is 19.4. The minimum absolute atomic E-state index is 0.00965. The lowest BCUT2D eigenvalue weighted by atomic mass is 9.93. The largest absolute Gasteiger partial charge is 0.466 e. The Morgan fingerprint density at radius 1 is 1.09 bits per heavy atom. The summed E-state index contributed by atoms with van der Waals surface area (Å²) in [7, 11) is 0. The van der Waals surface area contributed by atoms with E-state index < -0.39 is 23.8 Å². The standard InChI is InChI=1S/C26H29F3N2O3/c1-4-17(5-2)24-25(33)31(15-14-22(32)34-6-3)21-13-12-19(26(27,28)29)16-20(21)23(30-24)18-10-8-7-9-11-18/h7-13,16-17,24H,4-6,14-15H2,1-3H3/t24-/m0/s1. The van der Waals surface area contributed by atoms with Crippen LogP contribution in [0.15, 0.2) is 53.5 Å². The van der Waals surface area contributed by atoms with E-state index in [9.17, 15) is 22.8 Å². The van der Waals surface area contributed by atoms with Crippen molar-refractivity contribution in [2.75, 3.05) is 18.1 Å². The lowest BCUT2D eigenvalue weighted by Gasteiger charge is -2.28. The van der Waals surface area contributed by atoms with Gasteiger partial charge in [-0.3, -0.25) is 14.6 Å². The van der Waals surface area contributed by atoms with Crippen LogP contribution in [0.3, 0.4) is 0 Å². The lowest BCUT2D eigenvalue weighted by Crippen LogP contribution is -2.42. The molecule has 0 saturated heterocycles. The number of benzene rings is 2. The molecule has 1 heterocycles. The van der Waals surface area contributed by atoms with Gasteiger partial charge in [-0.15, -0.1) is 0 Å². The Labute approximate surface area is 197 Å². The lowest BCUT2D eigenvalue weighted by molar-refractivity contribution is -0.143. The maximum Gasteiger partial charge on any atom is 0.416 e. The van der Waals surface area contributed by atoms with Crippen LogP contribution in [0.1, 0.15) is 56.7 Å². The summed E-state index contributed by atoms with van der Waals surface area (Å²) in [5.41, 5.74) is 0.656. The van der Waals surface area contributed by atoms with Crippen molar-refractivity contribution < 1.29 is 27.5 Å². The normalized spacial score (nSPS) is 16.2. The fourth-order valence-corrected chi connectivity index (χ4v) is 4.21. The number of benzodiazepines with no additional fused rings is 1. The second kappa shape index (κ2) is 10.8. The molecule has 8 heteroatoms. The second-order valence-electron chi connectivity index (χ2n) is 8.14. The molecule has 1 aliphatic rings. The first-order chi connectivity index (χ1) is 16.2. The Kier molecular flexibility index (Phi) is 8.12. The summed E-state index contributed by atoms with van der Waals surface area (Å²) >= 11 is 0. The number of ether oxygens (including phenoxy) is 1. The van der Waals surface area contributed by atoms with Crippen LogP contribution in [-0.4, -0.2) is 36.8 Å². The van der Waals surface area contributed by atoms with Crippen molar-refractivity contribution in [2.24, 2.45) is 10.9 Å². The van der Waals surface area contributed by atoms with Gasteiger partial charge in [0.1, 0.15) is 6.04 Å². The van der Waals surface area contributed by atoms with Gasteiger partial charge in [0.25, 0.3) is 5.91 Å². The van der Waals surface area contributed by atoms with Crippen molar-refractivity contribution in [2.45, 2.75) is 52.3 Å². The molecule has 0 unspecified atom stereocenters. The van der Waals surface area contributed by atoms with Gasteiger partial charge in [0.05, 0.1) is 30.0 Å². The average Bonchev–Trinajstić information content (AvgIpc) is 2.93. The Morgan fingerprint density at radius 3 is 2.35 bits per heavy atom. The first-order valence-electron chi connectivity index (χ1n) is 11.5. The summed E-state index contributed by atoms with van der Waals surface area (Å²) in [6, 6.07) is 11.4. The number of alkyl halides is 3. The second-order valence-corrected chi connectivity index (χ2v) is 8.14. The minimum Gasteiger partial charge on any atom is -0.466 e. The number of anilines is 1. The van der Waals surface area contributed by atoms with Gasteiger partial charge in [-0.1, -0.05) is 57.0 Å². The number of carbonyl (C=O) groups excluding carboxylic acids is 2. The van der Waals surface area contributed by atoms with Gasteiger partial charge in [0.15, 0.2) is 0 Å². The predicted octanol–water partition coefficient (Wildman–Crippen LogP) is 5.65. The number of nitrogens with zero attached hydrogens (tertiary/aromatic N) is 2. The molecule has 5 nitrogen and oxygen atoms in total. The summed E-state index contributed by atoms with van der Waals surface area (Å²) in [5.74, 6) is -0.908. The Bertz CT molecular complexity index is 1050. The molecule has 0 fully saturated rings. The Morgan fingerprint density at radius 2 is 1.76 bits per heavy atom. The summed E-state index contributed by atoms with van der Waals surface area (Å²) in [6.07, 6.45) is -3.28. The zero-order chi connectivity index (χ0) is 24.9. The summed E-state index contributed by atoms with van der Waals surface area (Å²) in [5, 5.41) is 0. The van der Waals surface area contributed by atoms with Crippen molar-refractivity contribution in [3.63, 3.8) is 0 Å². The van der Waals surface area contributed by atoms with Crippen LogP contribution in [0.25, 0.3) is 0 Å². The van der Waals surface area contributed by atoms with E-state index in [1.807, 2.05) is 19.9 Å². The van der Waals surface area contributed by atoms with E-state index in [4.69, 9.17) is 9.73 Å². The van der Waals surface area contributed by atoms with Gasteiger partial charge in [-0.05, 0) is 31.0 Å². The molecule has 0 aliphatic carbocycles. The molecule has 0 saturated carbocycles. The fourth-order valence-electron chi connectivity index (χ4n) is 4.21. The van der Waals surface area contributed by atoms with Crippen molar-refractivity contribution in [3.8, 4) is 0 Å². The van der Waals surface area contributed by atoms with Gasteiger partial charge < -0.3 is 9.64 Å². The average molecular weight is 475 g/mol. The van der Waals surface area contributed by atoms with Crippen LogP contribution in [0.2, 0.25) is 0 Å². The topological polar surface area (TPSA) is 59.0 Å². The van der Waals surface area contributed by atoms with Gasteiger partial charge in [0, 0.05) is 17.7 Å². The molecule has 1 atom stereocenters. The molecule has 1 aliphatic heterocycles. The molecule has 0 N–H and O–H groups in total.